The van der Waals surface area contributed by atoms with E-state index in [2.05, 4.69) is 13.2 Å². The lowest BCUT2D eigenvalue weighted by Crippen LogP contribution is -2.15. The molecule has 0 N–H and O–H groups in total. The molecule has 2 nitrogen and oxygen atoms in total. The molecule has 0 fully saturated rings. The van der Waals surface area contributed by atoms with Crippen LogP contribution in [0.15, 0.2) is 60.3 Å². The lowest BCUT2D eigenvalue weighted by Gasteiger charge is -2.24. The van der Waals surface area contributed by atoms with Gasteiger partial charge < -0.3 is 9.47 Å². The summed E-state index contributed by atoms with van der Waals surface area (Å²) in [6.07, 6.45) is 1.51. The predicted molar refractivity (Wildman–Crippen MR) is 104 cm³/mol. The van der Waals surface area contributed by atoms with Crippen molar-refractivity contribution in [2.45, 2.75) is 26.2 Å². The molecule has 3 rings (SSSR count). The number of ether oxygens (including phenoxy) is 2. The summed E-state index contributed by atoms with van der Waals surface area (Å²) in [5.74, 6) is -5.35. The Balaban J connectivity index is 2.10. The Morgan fingerprint density at radius 1 is 1.14 bits per heavy atom. The minimum absolute atomic E-state index is 0.00514. The Morgan fingerprint density at radius 3 is 2.48 bits per heavy atom. The van der Waals surface area contributed by atoms with Gasteiger partial charge in [-0.2, -0.15) is 8.78 Å². The molecule has 6 heteroatoms. The maximum Gasteiger partial charge on any atom is 0.207 e. The number of halogens is 4. The van der Waals surface area contributed by atoms with Crippen LogP contribution in [0, 0.1) is 17.5 Å². The van der Waals surface area contributed by atoms with Gasteiger partial charge in [0.05, 0.1) is 7.11 Å². The molecule has 0 spiro atoms. The van der Waals surface area contributed by atoms with E-state index in [9.17, 15) is 17.6 Å². The first-order chi connectivity index (χ1) is 13.8. The van der Waals surface area contributed by atoms with Crippen LogP contribution < -0.4 is 4.74 Å². The highest BCUT2D eigenvalue weighted by Gasteiger charge is 2.30. The largest absolute Gasteiger partial charge is 0.494 e. The van der Waals surface area contributed by atoms with Crippen LogP contribution in [0.2, 0.25) is 0 Å². The van der Waals surface area contributed by atoms with Gasteiger partial charge in [-0.05, 0) is 29.7 Å². The molecular weight excluding hydrogens is 384 g/mol. The first-order valence-corrected chi connectivity index (χ1v) is 9.07. The van der Waals surface area contributed by atoms with Gasteiger partial charge in [-0.1, -0.05) is 38.6 Å². The average Bonchev–Trinajstić information content (AvgIpc) is 2.70. The summed E-state index contributed by atoms with van der Waals surface area (Å²) in [4.78, 5) is 0. The van der Waals surface area contributed by atoms with Crippen LogP contribution in [0.3, 0.4) is 0 Å². The van der Waals surface area contributed by atoms with Crippen molar-refractivity contribution >= 4 is 0 Å². The number of allylic oxidation sites excluding steroid dienone is 2. The smallest absolute Gasteiger partial charge is 0.207 e. The molecule has 0 saturated heterocycles. The predicted octanol–water partition coefficient (Wildman–Crippen LogP) is 6.56. The molecule has 0 amide bonds. The van der Waals surface area contributed by atoms with E-state index in [-0.39, 0.29) is 40.2 Å². The second-order valence-corrected chi connectivity index (χ2v) is 6.76. The van der Waals surface area contributed by atoms with Crippen LogP contribution in [-0.2, 0) is 17.6 Å². The van der Waals surface area contributed by atoms with Crippen molar-refractivity contribution in [2.24, 2.45) is 0 Å². The number of hydrogen-bond donors (Lipinski definition) is 0. The van der Waals surface area contributed by atoms with Crippen molar-refractivity contribution in [3.8, 4) is 16.9 Å². The minimum atomic E-state index is -1.32. The Kier molecular flexibility index (Phi) is 5.82. The van der Waals surface area contributed by atoms with Crippen molar-refractivity contribution in [1.82, 2.24) is 0 Å². The number of aryl methyl sites for hydroxylation is 1. The maximum absolute atomic E-state index is 14.8. The van der Waals surface area contributed by atoms with Gasteiger partial charge in [0.15, 0.2) is 23.1 Å². The average molecular weight is 404 g/mol. The Morgan fingerprint density at radius 2 is 1.86 bits per heavy atom. The third kappa shape index (κ3) is 3.79. The van der Waals surface area contributed by atoms with Crippen LogP contribution in [0.4, 0.5) is 17.6 Å². The molecule has 1 heterocycles. The van der Waals surface area contributed by atoms with Crippen LogP contribution in [0.25, 0.3) is 11.1 Å². The molecule has 2 aromatic carbocycles. The normalized spacial score (nSPS) is 14.9. The first-order valence-electron chi connectivity index (χ1n) is 9.07. The summed E-state index contributed by atoms with van der Waals surface area (Å²) >= 11 is 0. The lowest BCUT2D eigenvalue weighted by molar-refractivity contribution is 0.272. The van der Waals surface area contributed by atoms with Gasteiger partial charge in [0, 0.05) is 23.1 Å². The van der Waals surface area contributed by atoms with Gasteiger partial charge >= 0.3 is 0 Å². The molecular formula is C23H20F4O2. The maximum atomic E-state index is 14.8. The van der Waals surface area contributed by atoms with Crippen molar-refractivity contribution < 1.29 is 27.0 Å². The molecule has 0 saturated carbocycles. The molecule has 1 aliphatic rings. The fourth-order valence-corrected chi connectivity index (χ4v) is 3.22. The molecule has 0 aromatic heterocycles. The molecule has 1 aliphatic heterocycles. The number of rotatable bonds is 5. The molecule has 29 heavy (non-hydrogen) atoms. The monoisotopic (exact) mass is 404 g/mol. The Bertz CT molecular complexity index is 1040. The summed E-state index contributed by atoms with van der Waals surface area (Å²) in [5.41, 5.74) is 0.916. The van der Waals surface area contributed by atoms with Crippen molar-refractivity contribution in [3.63, 3.8) is 0 Å². The van der Waals surface area contributed by atoms with E-state index in [4.69, 9.17) is 9.47 Å². The quantitative estimate of drug-likeness (QED) is 0.415. The summed E-state index contributed by atoms with van der Waals surface area (Å²) in [7, 11) is 1.22. The van der Waals surface area contributed by atoms with Gasteiger partial charge in [0.2, 0.25) is 11.6 Å². The Labute approximate surface area is 166 Å². The van der Waals surface area contributed by atoms with E-state index in [0.717, 1.165) is 12.0 Å². The van der Waals surface area contributed by atoms with Gasteiger partial charge in [0.1, 0.15) is 5.82 Å². The Hall–Kier alpha value is -3.02. The fraction of sp³-hybridized carbons (Fsp3) is 0.217. The first kappa shape index (κ1) is 20.7. The van der Waals surface area contributed by atoms with Gasteiger partial charge in [-0.25, -0.2) is 8.78 Å². The highest BCUT2D eigenvalue weighted by atomic mass is 19.2. The van der Waals surface area contributed by atoms with Crippen LogP contribution >= 0.6 is 0 Å². The van der Waals surface area contributed by atoms with Crippen molar-refractivity contribution in [3.05, 3.63) is 88.9 Å². The summed E-state index contributed by atoms with van der Waals surface area (Å²) in [6, 6.07) is 5.73. The highest BCUT2D eigenvalue weighted by molar-refractivity contribution is 5.69. The minimum Gasteiger partial charge on any atom is -0.494 e. The molecule has 0 radical (unpaired) electrons. The van der Waals surface area contributed by atoms with E-state index in [1.54, 1.807) is 6.07 Å². The SMILES string of the molecule is C=C(OC)/C(F)=C1/Oc2c(cc(-c3ccc(CCC)cc3F)c(F)c2F)CC1=C. The van der Waals surface area contributed by atoms with E-state index >= 15 is 0 Å². The van der Waals surface area contributed by atoms with E-state index < -0.39 is 29.0 Å². The summed E-state index contributed by atoms with van der Waals surface area (Å²) in [6.45, 7) is 9.07. The second-order valence-electron chi connectivity index (χ2n) is 6.76. The zero-order valence-electron chi connectivity index (χ0n) is 16.2. The molecule has 0 bridgehead atoms. The lowest BCUT2D eigenvalue weighted by atomic mass is 9.94. The van der Waals surface area contributed by atoms with Gasteiger partial charge in [0.25, 0.3) is 0 Å². The van der Waals surface area contributed by atoms with Crippen molar-refractivity contribution in [2.75, 3.05) is 7.11 Å². The number of methoxy groups -OCH3 is 1. The molecule has 0 unspecified atom stereocenters. The molecule has 2 aromatic rings. The zero-order chi connectivity index (χ0) is 21.3. The van der Waals surface area contributed by atoms with Crippen LogP contribution in [0.1, 0.15) is 24.5 Å². The zero-order valence-corrected chi connectivity index (χ0v) is 16.2. The number of hydrogen-bond acceptors (Lipinski definition) is 2. The molecule has 0 aliphatic carbocycles. The van der Waals surface area contributed by atoms with Crippen LogP contribution in [-0.4, -0.2) is 7.11 Å². The summed E-state index contributed by atoms with van der Waals surface area (Å²) in [5, 5.41) is 0. The fourth-order valence-electron chi connectivity index (χ4n) is 3.22. The second kappa shape index (κ2) is 8.15. The molecule has 0 atom stereocenters. The van der Waals surface area contributed by atoms with E-state index in [0.29, 0.717) is 6.42 Å². The topological polar surface area (TPSA) is 18.5 Å². The van der Waals surface area contributed by atoms with Gasteiger partial charge in [-0.15, -0.1) is 0 Å². The van der Waals surface area contributed by atoms with Gasteiger partial charge in [-0.3, -0.25) is 0 Å². The summed E-state index contributed by atoms with van der Waals surface area (Å²) < 4.78 is 68.4. The number of fused-ring (bicyclic) bond motifs is 1. The molecule has 152 valence electrons. The van der Waals surface area contributed by atoms with E-state index in [1.165, 1.54) is 25.3 Å². The third-order valence-electron chi connectivity index (χ3n) is 4.72. The highest BCUT2D eigenvalue weighted by Crippen LogP contribution is 2.41. The van der Waals surface area contributed by atoms with Crippen LogP contribution in [0.5, 0.6) is 5.75 Å². The van der Waals surface area contributed by atoms with Crippen molar-refractivity contribution in [1.29, 1.82) is 0 Å². The standard InChI is InChI=1S/C23H20F4O2/c1-5-6-14-7-8-16(18(24)10-14)17-11-15-9-12(2)22(19(25)13(3)28-4)29-23(15)21(27)20(17)26/h7-8,10-11H,2-3,5-6,9H2,1,4H3/b22-19-. The van der Waals surface area contributed by atoms with E-state index in [1.807, 2.05) is 6.92 Å². The third-order valence-corrected chi connectivity index (χ3v) is 4.72. The number of benzene rings is 2.